The maximum absolute atomic E-state index is 17.0. The third kappa shape index (κ3) is 5.03. The number of nitrogens with zero attached hydrogens (tertiary/aromatic N) is 4. The van der Waals surface area contributed by atoms with Crippen molar-refractivity contribution in [2.24, 2.45) is 0 Å². The number of hydrogen-bond donors (Lipinski definition) is 2. The van der Waals surface area contributed by atoms with Gasteiger partial charge in [-0.3, -0.25) is 9.88 Å². The number of benzene rings is 2. The van der Waals surface area contributed by atoms with Gasteiger partial charge >= 0.3 is 6.18 Å². The number of fused-ring (bicyclic) bond motifs is 5. The van der Waals surface area contributed by atoms with E-state index >= 15 is 17.6 Å². The van der Waals surface area contributed by atoms with Gasteiger partial charge in [0, 0.05) is 55.3 Å². The number of halogens is 6. The Hall–Kier alpha value is -3.84. The lowest BCUT2D eigenvalue weighted by Gasteiger charge is -2.37. The van der Waals surface area contributed by atoms with Crippen LogP contribution in [0.25, 0.3) is 32.9 Å². The predicted molar refractivity (Wildman–Crippen MR) is 169 cm³/mol. The zero-order chi connectivity index (χ0) is 33.5. The van der Waals surface area contributed by atoms with Gasteiger partial charge in [0.2, 0.25) is 5.88 Å². The number of alkyl halides is 4. The van der Waals surface area contributed by atoms with E-state index in [-0.39, 0.29) is 90.3 Å². The zero-order valence-electron chi connectivity index (χ0n) is 26.3. The van der Waals surface area contributed by atoms with E-state index in [1.807, 2.05) is 4.90 Å². The van der Waals surface area contributed by atoms with E-state index in [1.54, 1.807) is 11.8 Å². The molecule has 254 valence electrons. The van der Waals surface area contributed by atoms with Gasteiger partial charge in [-0.1, -0.05) is 13.0 Å². The Morgan fingerprint density at radius 1 is 1.10 bits per heavy atom. The number of hydrogen-bond acceptors (Lipinski definition) is 7. The quantitative estimate of drug-likeness (QED) is 0.216. The van der Waals surface area contributed by atoms with E-state index < -0.39 is 41.0 Å². The van der Waals surface area contributed by atoms with Crippen LogP contribution in [0, 0.1) is 11.6 Å². The molecule has 2 N–H and O–H groups in total. The number of piperazine rings is 1. The molecule has 4 saturated heterocycles. The van der Waals surface area contributed by atoms with Crippen LogP contribution < -0.4 is 15.0 Å². The Labute approximate surface area is 272 Å². The van der Waals surface area contributed by atoms with Gasteiger partial charge in [-0.25, -0.2) is 18.2 Å². The smallest absolute Gasteiger partial charge is 0.423 e. The van der Waals surface area contributed by atoms with Gasteiger partial charge in [-0.15, -0.1) is 0 Å². The van der Waals surface area contributed by atoms with Crippen molar-refractivity contribution in [3.05, 3.63) is 53.2 Å². The highest BCUT2D eigenvalue weighted by Gasteiger charge is 2.50. The monoisotopic (exact) mass is 671 g/mol. The van der Waals surface area contributed by atoms with Crippen molar-refractivity contribution in [2.75, 3.05) is 37.7 Å². The van der Waals surface area contributed by atoms with Crippen molar-refractivity contribution in [2.45, 2.75) is 75.4 Å². The van der Waals surface area contributed by atoms with Crippen LogP contribution in [0.15, 0.2) is 30.5 Å². The molecule has 13 heteroatoms. The van der Waals surface area contributed by atoms with Crippen LogP contribution in [0.3, 0.4) is 0 Å². The van der Waals surface area contributed by atoms with E-state index in [9.17, 15) is 13.9 Å². The minimum atomic E-state index is -4.93. The average Bonchev–Trinajstić information content (AvgIpc) is 3.69. The first-order valence-corrected chi connectivity index (χ1v) is 16.5. The normalized spacial score (nSPS) is 25.8. The molecule has 4 aliphatic rings. The van der Waals surface area contributed by atoms with E-state index in [1.165, 1.54) is 30.5 Å². The van der Waals surface area contributed by atoms with Gasteiger partial charge in [-0.2, -0.15) is 13.2 Å². The molecule has 2 aromatic heterocycles. The summed E-state index contributed by atoms with van der Waals surface area (Å²) >= 11 is 0. The molecule has 6 heterocycles. The highest BCUT2D eigenvalue weighted by molar-refractivity contribution is 6.02. The van der Waals surface area contributed by atoms with E-state index in [0.717, 1.165) is 19.3 Å². The minimum absolute atomic E-state index is 0.0403. The SMILES string of the molecule is CCc1c(F)ccc2cc(O)cc(-c3ncc4c(N5C[C@H]6CC[C@@H](C5)N6)c(C(F)(F)F)c(OC[C@@]56CCCN5C[C@H](F)C6)nc4c3F)c12. The van der Waals surface area contributed by atoms with Crippen LogP contribution in [0.2, 0.25) is 0 Å². The maximum Gasteiger partial charge on any atom is 0.423 e. The third-order valence-corrected chi connectivity index (χ3v) is 10.7. The number of pyridine rings is 2. The first-order valence-electron chi connectivity index (χ1n) is 16.5. The molecular weight excluding hydrogens is 636 g/mol. The standard InChI is InChI=1S/C35H35F6N5O2/c1-2-23-26(37)7-4-18-10-22(47)11-24(27(18)23)30-29(38)31-25(13-42-30)32(45-15-20-5-6-21(16-45)43-20)28(35(39,40)41)33(44-31)48-17-34-8-3-9-46(34)14-19(36)12-34/h4,7,10-11,13,19-21,43,47H,2-3,5-6,8-9,12,14-17H2,1H3/t19-,20-,21+,34+/m1/s1. The molecule has 0 unspecified atom stereocenters. The Kier molecular flexibility index (Phi) is 7.44. The van der Waals surface area contributed by atoms with Crippen molar-refractivity contribution >= 4 is 27.4 Å². The number of aromatic hydroxyl groups is 1. The fraction of sp³-hybridized carbons (Fsp3) is 0.486. The predicted octanol–water partition coefficient (Wildman–Crippen LogP) is 6.91. The summed E-state index contributed by atoms with van der Waals surface area (Å²) in [6, 6.07) is 5.37. The van der Waals surface area contributed by atoms with Crippen molar-refractivity contribution in [1.29, 1.82) is 0 Å². The van der Waals surface area contributed by atoms with Crippen molar-refractivity contribution in [1.82, 2.24) is 20.2 Å². The van der Waals surface area contributed by atoms with Gasteiger partial charge < -0.3 is 20.1 Å². The molecule has 0 radical (unpaired) electrons. The number of aromatic nitrogens is 2. The Bertz CT molecular complexity index is 1930. The van der Waals surface area contributed by atoms with Crippen LogP contribution in [0.4, 0.5) is 32.0 Å². The maximum atomic E-state index is 17.0. The highest BCUT2D eigenvalue weighted by atomic mass is 19.4. The van der Waals surface area contributed by atoms with Gasteiger partial charge in [0.15, 0.2) is 5.82 Å². The molecule has 2 aromatic carbocycles. The summed E-state index contributed by atoms with van der Waals surface area (Å²) in [5.41, 5.74) is -2.43. The molecule has 4 fully saturated rings. The third-order valence-electron chi connectivity index (χ3n) is 10.7. The summed E-state index contributed by atoms with van der Waals surface area (Å²) in [5.74, 6) is -2.51. The molecular formula is C35H35F6N5O2. The van der Waals surface area contributed by atoms with Crippen LogP contribution >= 0.6 is 0 Å². The number of nitrogens with one attached hydrogen (secondary N) is 1. The van der Waals surface area contributed by atoms with Gasteiger partial charge in [0.05, 0.1) is 11.2 Å². The number of aryl methyl sites for hydroxylation is 1. The van der Waals surface area contributed by atoms with Crippen molar-refractivity contribution < 1.29 is 36.2 Å². The molecule has 4 aliphatic heterocycles. The second-order valence-electron chi connectivity index (χ2n) is 13.7. The van der Waals surface area contributed by atoms with E-state index in [2.05, 4.69) is 15.3 Å². The fourth-order valence-electron chi connectivity index (χ4n) is 8.69. The number of ether oxygens (including phenoxy) is 1. The summed E-state index contributed by atoms with van der Waals surface area (Å²) in [7, 11) is 0. The number of anilines is 1. The lowest BCUT2D eigenvalue weighted by Crippen LogP contribution is -2.51. The first-order chi connectivity index (χ1) is 23.0. The largest absolute Gasteiger partial charge is 0.508 e. The fourth-order valence-corrected chi connectivity index (χ4v) is 8.69. The van der Waals surface area contributed by atoms with E-state index in [0.29, 0.717) is 23.7 Å². The number of rotatable bonds is 6. The highest BCUT2D eigenvalue weighted by Crippen LogP contribution is 2.49. The Balaban J connectivity index is 1.35. The van der Waals surface area contributed by atoms with Crippen LogP contribution in [0.5, 0.6) is 11.6 Å². The van der Waals surface area contributed by atoms with Gasteiger partial charge in [0.1, 0.15) is 41.1 Å². The average molecular weight is 672 g/mol. The summed E-state index contributed by atoms with van der Waals surface area (Å²) in [6.45, 7) is 2.86. The summed E-state index contributed by atoms with van der Waals surface area (Å²) < 4.78 is 98.1. The zero-order valence-corrected chi connectivity index (χ0v) is 26.3. The van der Waals surface area contributed by atoms with E-state index in [4.69, 9.17) is 4.74 Å². The Morgan fingerprint density at radius 3 is 2.60 bits per heavy atom. The molecule has 0 amide bonds. The lowest BCUT2D eigenvalue weighted by atomic mass is 9.94. The molecule has 8 rings (SSSR count). The molecule has 0 saturated carbocycles. The van der Waals surface area contributed by atoms with Gasteiger partial charge in [-0.05, 0) is 73.2 Å². The number of phenolic OH excluding ortho intramolecular Hbond substituents is 1. The lowest BCUT2D eigenvalue weighted by molar-refractivity contribution is -0.139. The topological polar surface area (TPSA) is 73.8 Å². The molecule has 2 bridgehead atoms. The summed E-state index contributed by atoms with van der Waals surface area (Å²) in [4.78, 5) is 12.1. The molecule has 0 aliphatic carbocycles. The molecule has 4 atom stereocenters. The first kappa shape index (κ1) is 31.4. The number of phenols is 1. The van der Waals surface area contributed by atoms with Crippen LogP contribution in [0.1, 0.15) is 50.2 Å². The molecule has 7 nitrogen and oxygen atoms in total. The van der Waals surface area contributed by atoms with Crippen molar-refractivity contribution in [3.63, 3.8) is 0 Å². The van der Waals surface area contributed by atoms with Crippen molar-refractivity contribution in [3.8, 4) is 22.9 Å². The summed E-state index contributed by atoms with van der Waals surface area (Å²) in [6.07, 6.45) is -1.52. The minimum Gasteiger partial charge on any atom is -0.508 e. The van der Waals surface area contributed by atoms with Crippen LogP contribution in [-0.4, -0.2) is 76.6 Å². The summed E-state index contributed by atoms with van der Waals surface area (Å²) in [5, 5.41) is 14.7. The molecule has 4 aromatic rings. The molecule has 0 spiro atoms. The second kappa shape index (κ2) is 11.4. The molecule has 48 heavy (non-hydrogen) atoms. The Morgan fingerprint density at radius 2 is 1.88 bits per heavy atom. The second-order valence-corrected chi connectivity index (χ2v) is 13.7. The van der Waals surface area contributed by atoms with Gasteiger partial charge in [0.25, 0.3) is 0 Å². The van der Waals surface area contributed by atoms with Crippen LogP contribution in [-0.2, 0) is 12.6 Å².